The zero-order valence-electron chi connectivity index (χ0n) is 13.8. The summed E-state index contributed by atoms with van der Waals surface area (Å²) in [6.07, 6.45) is 1.79. The topological polar surface area (TPSA) is 97.2 Å². The summed E-state index contributed by atoms with van der Waals surface area (Å²) in [5.41, 5.74) is 0.245. The Bertz CT molecular complexity index is 817. The largest absolute Gasteiger partial charge is 0.493 e. The van der Waals surface area contributed by atoms with Crippen molar-refractivity contribution in [1.82, 2.24) is 9.97 Å². The molecule has 0 fully saturated rings. The van der Waals surface area contributed by atoms with Crippen molar-refractivity contribution in [2.75, 3.05) is 27.1 Å². The van der Waals surface area contributed by atoms with Crippen LogP contribution in [0.4, 0.5) is 0 Å². The lowest BCUT2D eigenvalue weighted by Crippen LogP contribution is -2.14. The van der Waals surface area contributed by atoms with Gasteiger partial charge in [-0.2, -0.15) is 5.26 Å². The number of hydrogen-bond donors (Lipinski definition) is 1. The molecule has 1 N–H and O–H groups in total. The molecule has 0 aliphatic heterocycles. The van der Waals surface area contributed by atoms with Gasteiger partial charge >= 0.3 is 0 Å². The molecule has 0 radical (unpaired) electrons. The number of H-pyrrole nitrogens is 1. The highest BCUT2D eigenvalue weighted by Crippen LogP contribution is 2.41. The molecule has 0 saturated carbocycles. The summed E-state index contributed by atoms with van der Waals surface area (Å²) >= 11 is 1.28. The predicted molar refractivity (Wildman–Crippen MR) is 91.1 cm³/mol. The SMILES string of the molecule is CCOc1c(OC)cc(-c2nc(SC)[nH]c(=O)c2C#N)cc1OC. The van der Waals surface area contributed by atoms with Gasteiger partial charge in [0.25, 0.3) is 5.56 Å². The maximum absolute atomic E-state index is 12.1. The maximum Gasteiger partial charge on any atom is 0.270 e. The summed E-state index contributed by atoms with van der Waals surface area (Å²) in [7, 11) is 3.01. The zero-order valence-corrected chi connectivity index (χ0v) is 14.6. The van der Waals surface area contributed by atoms with E-state index in [-0.39, 0.29) is 11.3 Å². The minimum Gasteiger partial charge on any atom is -0.493 e. The molecule has 0 bridgehead atoms. The van der Waals surface area contributed by atoms with Gasteiger partial charge in [-0.1, -0.05) is 11.8 Å². The molecule has 2 aromatic rings. The molecule has 126 valence electrons. The quantitative estimate of drug-likeness (QED) is 0.633. The van der Waals surface area contributed by atoms with Crippen LogP contribution in [0.2, 0.25) is 0 Å². The van der Waals surface area contributed by atoms with Gasteiger partial charge in [-0.05, 0) is 25.3 Å². The number of aromatic nitrogens is 2. The van der Waals surface area contributed by atoms with Gasteiger partial charge in [0, 0.05) is 5.56 Å². The van der Waals surface area contributed by atoms with Crippen LogP contribution >= 0.6 is 11.8 Å². The minimum atomic E-state index is -0.487. The second-order valence-electron chi connectivity index (χ2n) is 4.55. The number of nitrogens with one attached hydrogen (secondary N) is 1. The third kappa shape index (κ3) is 3.31. The Labute approximate surface area is 143 Å². The van der Waals surface area contributed by atoms with Crippen LogP contribution in [0.25, 0.3) is 11.3 Å². The minimum absolute atomic E-state index is 0.0685. The van der Waals surface area contributed by atoms with Crippen molar-refractivity contribution in [1.29, 1.82) is 5.26 Å². The Hall–Kier alpha value is -2.66. The number of rotatable bonds is 6. The molecule has 0 atom stereocenters. The molecular weight excluding hydrogens is 330 g/mol. The summed E-state index contributed by atoms with van der Waals surface area (Å²) in [5, 5.41) is 9.73. The first-order chi connectivity index (χ1) is 11.6. The van der Waals surface area contributed by atoms with Gasteiger partial charge in [-0.15, -0.1) is 0 Å². The van der Waals surface area contributed by atoms with E-state index in [1.165, 1.54) is 26.0 Å². The zero-order chi connectivity index (χ0) is 17.7. The first kappa shape index (κ1) is 17.7. The highest BCUT2D eigenvalue weighted by atomic mass is 32.2. The van der Waals surface area contributed by atoms with Crippen LogP contribution in [-0.2, 0) is 0 Å². The van der Waals surface area contributed by atoms with Gasteiger partial charge in [-0.3, -0.25) is 4.79 Å². The summed E-state index contributed by atoms with van der Waals surface area (Å²) in [6.45, 7) is 2.29. The lowest BCUT2D eigenvalue weighted by Gasteiger charge is -2.15. The van der Waals surface area contributed by atoms with Crippen LogP contribution in [0.15, 0.2) is 22.1 Å². The fraction of sp³-hybridized carbons (Fsp3) is 0.312. The van der Waals surface area contributed by atoms with Crippen molar-refractivity contribution in [3.8, 4) is 34.6 Å². The lowest BCUT2D eigenvalue weighted by molar-refractivity contribution is 0.288. The molecule has 0 aliphatic rings. The molecule has 24 heavy (non-hydrogen) atoms. The van der Waals surface area contributed by atoms with Gasteiger partial charge in [-0.25, -0.2) is 4.98 Å². The highest BCUT2D eigenvalue weighted by molar-refractivity contribution is 7.98. The van der Waals surface area contributed by atoms with Crippen LogP contribution in [0.3, 0.4) is 0 Å². The fourth-order valence-corrected chi connectivity index (χ4v) is 2.54. The third-order valence-electron chi connectivity index (χ3n) is 3.23. The van der Waals surface area contributed by atoms with Crippen LogP contribution in [0, 0.1) is 11.3 Å². The predicted octanol–water partition coefficient (Wildman–Crippen LogP) is 2.45. The summed E-state index contributed by atoms with van der Waals surface area (Å²) < 4.78 is 16.3. The van der Waals surface area contributed by atoms with E-state index in [1.54, 1.807) is 18.4 Å². The van der Waals surface area contributed by atoms with E-state index in [9.17, 15) is 10.1 Å². The van der Waals surface area contributed by atoms with Gasteiger partial charge in [0.15, 0.2) is 16.7 Å². The van der Waals surface area contributed by atoms with Crippen LogP contribution in [-0.4, -0.2) is 37.1 Å². The number of ether oxygens (including phenoxy) is 3. The summed E-state index contributed by atoms with van der Waals surface area (Å²) in [4.78, 5) is 19.0. The Morgan fingerprint density at radius 3 is 2.38 bits per heavy atom. The smallest absolute Gasteiger partial charge is 0.270 e. The van der Waals surface area contributed by atoms with Gasteiger partial charge in [0.1, 0.15) is 11.6 Å². The van der Waals surface area contributed by atoms with Crippen LogP contribution < -0.4 is 19.8 Å². The van der Waals surface area contributed by atoms with Gasteiger partial charge < -0.3 is 19.2 Å². The fourth-order valence-electron chi connectivity index (χ4n) is 2.17. The standard InChI is InChI=1S/C16H17N3O4S/c1-5-23-14-11(21-2)6-9(7-12(14)22-3)13-10(8-17)15(20)19-16(18-13)24-4/h6-7H,5H2,1-4H3,(H,18,19,20). The first-order valence-corrected chi connectivity index (χ1v) is 8.29. The monoisotopic (exact) mass is 347 g/mol. The van der Waals surface area contributed by atoms with Crippen molar-refractivity contribution < 1.29 is 14.2 Å². The van der Waals surface area contributed by atoms with E-state index in [1.807, 2.05) is 13.0 Å². The Kier molecular flexibility index (Phi) is 5.71. The average molecular weight is 347 g/mol. The third-order valence-corrected chi connectivity index (χ3v) is 3.81. The molecule has 0 saturated heterocycles. The van der Waals surface area contributed by atoms with E-state index in [0.29, 0.717) is 34.6 Å². The van der Waals surface area contributed by atoms with E-state index in [0.717, 1.165) is 0 Å². The molecule has 2 rings (SSSR count). The molecule has 1 aromatic carbocycles. The van der Waals surface area contributed by atoms with Crippen LogP contribution in [0.5, 0.6) is 17.2 Å². The number of benzene rings is 1. The van der Waals surface area contributed by atoms with Gasteiger partial charge in [0.2, 0.25) is 5.75 Å². The molecule has 1 aromatic heterocycles. The van der Waals surface area contributed by atoms with Crippen molar-refractivity contribution in [2.24, 2.45) is 0 Å². The lowest BCUT2D eigenvalue weighted by atomic mass is 10.1. The number of hydrogen-bond acceptors (Lipinski definition) is 7. The molecule has 0 spiro atoms. The second-order valence-corrected chi connectivity index (χ2v) is 5.35. The molecule has 7 nitrogen and oxygen atoms in total. The Morgan fingerprint density at radius 2 is 1.92 bits per heavy atom. The number of aromatic amines is 1. The van der Waals surface area contributed by atoms with Crippen molar-refractivity contribution in [2.45, 2.75) is 12.1 Å². The summed E-state index contributed by atoms with van der Waals surface area (Å²) in [6, 6.07) is 5.23. The number of thioether (sulfide) groups is 1. The first-order valence-electron chi connectivity index (χ1n) is 7.07. The summed E-state index contributed by atoms with van der Waals surface area (Å²) in [5.74, 6) is 1.32. The molecule has 0 aliphatic carbocycles. The molecular formula is C16H17N3O4S. The maximum atomic E-state index is 12.1. The number of nitrogens with zero attached hydrogens (tertiary/aromatic N) is 2. The van der Waals surface area contributed by atoms with E-state index >= 15 is 0 Å². The Morgan fingerprint density at radius 1 is 1.29 bits per heavy atom. The molecule has 1 heterocycles. The van der Waals surface area contributed by atoms with E-state index in [4.69, 9.17) is 14.2 Å². The van der Waals surface area contributed by atoms with Gasteiger partial charge in [0.05, 0.1) is 26.5 Å². The van der Waals surface area contributed by atoms with Crippen molar-refractivity contribution in [3.63, 3.8) is 0 Å². The molecule has 8 heteroatoms. The van der Waals surface area contributed by atoms with Crippen molar-refractivity contribution >= 4 is 11.8 Å². The van der Waals surface area contributed by atoms with E-state index < -0.39 is 5.56 Å². The normalized spacial score (nSPS) is 10.1. The van der Waals surface area contributed by atoms with Crippen LogP contribution in [0.1, 0.15) is 12.5 Å². The molecule has 0 unspecified atom stereocenters. The number of nitriles is 1. The van der Waals surface area contributed by atoms with Crippen molar-refractivity contribution in [3.05, 3.63) is 28.0 Å². The average Bonchev–Trinajstić information content (AvgIpc) is 2.61. The van der Waals surface area contributed by atoms with E-state index in [2.05, 4.69) is 9.97 Å². The molecule has 0 amide bonds. The second kappa shape index (κ2) is 7.75. The number of methoxy groups -OCH3 is 2. The highest BCUT2D eigenvalue weighted by Gasteiger charge is 2.19. The Balaban J connectivity index is 2.76.